The summed E-state index contributed by atoms with van der Waals surface area (Å²) in [7, 11) is 6.23. The number of carbonyl (C=O) groups excluding carboxylic acids is 4. The minimum atomic E-state index is -0.937. The van der Waals surface area contributed by atoms with Crippen LogP contribution in [0.3, 0.4) is 0 Å². The van der Waals surface area contributed by atoms with E-state index in [1.165, 1.54) is 12.8 Å². The van der Waals surface area contributed by atoms with Crippen molar-refractivity contribution in [3.05, 3.63) is 29.3 Å². The van der Waals surface area contributed by atoms with E-state index in [0.717, 1.165) is 23.4 Å². The Morgan fingerprint density at radius 2 is 1.57 bits per heavy atom. The van der Waals surface area contributed by atoms with Crippen LogP contribution in [0.1, 0.15) is 59.2 Å². The molecule has 1 saturated heterocycles. The molecule has 0 spiro atoms. The highest BCUT2D eigenvalue weighted by Crippen LogP contribution is 2.33. The monoisotopic (exact) mass is 412 g/mol. The molecule has 160 valence electrons. The van der Waals surface area contributed by atoms with Gasteiger partial charge in [-0.25, -0.2) is 0 Å². The molecule has 4 amide bonds. The van der Waals surface area contributed by atoms with Crippen molar-refractivity contribution in [1.29, 1.82) is 0 Å². The molecule has 2 fully saturated rings. The van der Waals surface area contributed by atoms with Crippen molar-refractivity contribution in [3.63, 3.8) is 0 Å². The fourth-order valence-corrected chi connectivity index (χ4v) is 5.02. The van der Waals surface area contributed by atoms with Crippen LogP contribution in [-0.2, 0) is 9.59 Å². The molecule has 1 saturated carbocycles. The third-order valence-corrected chi connectivity index (χ3v) is 6.69. The average molecular weight is 412 g/mol. The van der Waals surface area contributed by atoms with Crippen molar-refractivity contribution in [2.75, 3.05) is 26.0 Å². The number of amides is 4. The Bertz CT molecular complexity index is 912. The molecule has 2 aliphatic heterocycles. The van der Waals surface area contributed by atoms with E-state index in [0.29, 0.717) is 23.2 Å². The molecule has 1 unspecified atom stereocenters. The highest BCUT2D eigenvalue weighted by molar-refractivity contribution is 6.23. The van der Waals surface area contributed by atoms with E-state index in [2.05, 4.69) is 29.2 Å². The minimum Gasteiger partial charge on any atom is -0.370 e. The number of anilines is 1. The number of nitrogens with one attached hydrogen (secondary N) is 1. The van der Waals surface area contributed by atoms with Gasteiger partial charge in [-0.1, -0.05) is 12.8 Å². The van der Waals surface area contributed by atoms with Crippen LogP contribution in [0.5, 0.6) is 0 Å². The Hall–Kier alpha value is -2.74. The lowest BCUT2D eigenvalue weighted by molar-refractivity contribution is -0.136. The van der Waals surface area contributed by atoms with Crippen LogP contribution >= 0.6 is 0 Å². The molecule has 3 aliphatic rings. The van der Waals surface area contributed by atoms with E-state index in [4.69, 9.17) is 0 Å². The van der Waals surface area contributed by atoms with Crippen LogP contribution in [0, 0.1) is 0 Å². The van der Waals surface area contributed by atoms with Gasteiger partial charge >= 0.3 is 0 Å². The molecular formula is C22H28N4O4. The molecule has 8 heteroatoms. The van der Waals surface area contributed by atoms with Gasteiger partial charge in [-0.15, -0.1) is 0 Å². The van der Waals surface area contributed by atoms with Crippen LogP contribution < -0.4 is 10.2 Å². The molecule has 1 aromatic carbocycles. The molecule has 1 N–H and O–H groups in total. The van der Waals surface area contributed by atoms with Gasteiger partial charge in [-0.2, -0.15) is 0 Å². The Labute approximate surface area is 176 Å². The Morgan fingerprint density at radius 3 is 2.23 bits per heavy atom. The lowest BCUT2D eigenvalue weighted by Crippen LogP contribution is -2.54. The van der Waals surface area contributed by atoms with Crippen LogP contribution in [-0.4, -0.2) is 72.7 Å². The van der Waals surface area contributed by atoms with Gasteiger partial charge in [-0.05, 0) is 51.6 Å². The average Bonchev–Trinajstić information content (AvgIpc) is 2.97. The molecule has 0 aromatic heterocycles. The number of hydrogen-bond acceptors (Lipinski definition) is 6. The van der Waals surface area contributed by atoms with E-state index in [9.17, 15) is 19.2 Å². The molecule has 0 bridgehead atoms. The van der Waals surface area contributed by atoms with Gasteiger partial charge in [0.05, 0.1) is 11.1 Å². The van der Waals surface area contributed by atoms with E-state index < -0.39 is 23.8 Å². The van der Waals surface area contributed by atoms with Gasteiger partial charge in [0.15, 0.2) is 0 Å². The molecule has 4 rings (SSSR count). The first-order valence-electron chi connectivity index (χ1n) is 10.5. The van der Waals surface area contributed by atoms with Crippen LogP contribution in [0.25, 0.3) is 0 Å². The van der Waals surface area contributed by atoms with Crippen molar-refractivity contribution < 1.29 is 19.2 Å². The lowest BCUT2D eigenvalue weighted by Gasteiger charge is -2.42. The van der Waals surface area contributed by atoms with Crippen LogP contribution in [0.15, 0.2) is 18.2 Å². The maximum absolute atomic E-state index is 13.1. The quantitative estimate of drug-likeness (QED) is 0.752. The highest BCUT2D eigenvalue weighted by Gasteiger charge is 2.45. The lowest BCUT2D eigenvalue weighted by atomic mass is 9.88. The normalized spacial score (nSPS) is 26.8. The van der Waals surface area contributed by atoms with Crippen molar-refractivity contribution in [3.8, 4) is 0 Å². The molecule has 30 heavy (non-hydrogen) atoms. The number of imide groups is 2. The number of carbonyl (C=O) groups is 4. The predicted molar refractivity (Wildman–Crippen MR) is 111 cm³/mol. The summed E-state index contributed by atoms with van der Waals surface area (Å²) in [4.78, 5) is 55.1. The first-order chi connectivity index (χ1) is 14.3. The Balaban J connectivity index is 1.60. The number of hydrogen-bond donors (Lipinski definition) is 1. The van der Waals surface area contributed by atoms with Crippen LogP contribution in [0.4, 0.5) is 5.69 Å². The highest BCUT2D eigenvalue weighted by atomic mass is 16.2. The summed E-state index contributed by atoms with van der Waals surface area (Å²) in [5.74, 6) is -1.90. The molecule has 1 aromatic rings. The number of fused-ring (bicyclic) bond motifs is 1. The zero-order valence-corrected chi connectivity index (χ0v) is 17.7. The van der Waals surface area contributed by atoms with Gasteiger partial charge < -0.3 is 9.80 Å². The van der Waals surface area contributed by atoms with Gasteiger partial charge in [0, 0.05) is 31.2 Å². The third-order valence-electron chi connectivity index (χ3n) is 6.69. The number of rotatable bonds is 4. The number of piperidine rings is 1. The van der Waals surface area contributed by atoms with Crippen LogP contribution in [0.2, 0.25) is 0 Å². The number of nitrogens with zero attached hydrogens (tertiary/aromatic N) is 3. The molecular weight excluding hydrogens is 384 g/mol. The minimum absolute atomic E-state index is 0.116. The van der Waals surface area contributed by atoms with Crippen molar-refractivity contribution in [2.24, 2.45) is 0 Å². The van der Waals surface area contributed by atoms with Crippen molar-refractivity contribution >= 4 is 29.3 Å². The fraction of sp³-hybridized carbons (Fsp3) is 0.545. The number of likely N-dealkylation sites (N-methyl/N-ethyl adjacent to an activating group) is 2. The summed E-state index contributed by atoms with van der Waals surface area (Å²) in [5, 5.41) is 2.23. The fourth-order valence-electron chi connectivity index (χ4n) is 5.02. The van der Waals surface area contributed by atoms with E-state index in [1.54, 1.807) is 12.1 Å². The van der Waals surface area contributed by atoms with Gasteiger partial charge in [0.25, 0.3) is 11.8 Å². The largest absolute Gasteiger partial charge is 0.370 e. The molecule has 1 aliphatic carbocycles. The summed E-state index contributed by atoms with van der Waals surface area (Å²) >= 11 is 0. The molecule has 3 atom stereocenters. The van der Waals surface area contributed by atoms with E-state index in [-0.39, 0.29) is 18.7 Å². The summed E-state index contributed by atoms with van der Waals surface area (Å²) < 4.78 is 0. The third kappa shape index (κ3) is 3.39. The predicted octanol–water partition coefficient (Wildman–Crippen LogP) is 1.40. The van der Waals surface area contributed by atoms with E-state index >= 15 is 0 Å². The first-order valence-corrected chi connectivity index (χ1v) is 10.5. The second kappa shape index (κ2) is 7.83. The first kappa shape index (κ1) is 20.5. The zero-order chi connectivity index (χ0) is 21.6. The smallest absolute Gasteiger partial charge is 0.262 e. The second-order valence-electron chi connectivity index (χ2n) is 8.67. The molecule has 2 heterocycles. The van der Waals surface area contributed by atoms with Crippen molar-refractivity contribution in [1.82, 2.24) is 15.1 Å². The molecule has 8 nitrogen and oxygen atoms in total. The SMILES string of the molecule is CN(C)[C@@H]1CCCC[C@H]1N(C)c1ccc2c(c1)C(=O)N(C1CCC(=O)NC1=O)C2=O. The topological polar surface area (TPSA) is 90.0 Å². The summed E-state index contributed by atoms with van der Waals surface area (Å²) in [5.41, 5.74) is 1.53. The second-order valence-corrected chi connectivity index (χ2v) is 8.67. The maximum atomic E-state index is 13.1. The zero-order valence-electron chi connectivity index (χ0n) is 17.7. The summed E-state index contributed by atoms with van der Waals surface area (Å²) in [6.45, 7) is 0. The van der Waals surface area contributed by atoms with Gasteiger partial charge in [-0.3, -0.25) is 29.4 Å². The standard InChI is InChI=1S/C22H28N4O4/c1-24(2)16-6-4-5-7-17(16)25(3)13-8-9-14-15(12-13)22(30)26(21(14)29)18-10-11-19(27)23-20(18)28/h8-9,12,16-18H,4-7,10-11H2,1-3H3,(H,23,27,28)/t16-,17-,18?/m1/s1. The van der Waals surface area contributed by atoms with Gasteiger partial charge in [0.2, 0.25) is 11.8 Å². The summed E-state index contributed by atoms with van der Waals surface area (Å²) in [6.07, 6.45) is 4.87. The molecule has 0 radical (unpaired) electrons. The maximum Gasteiger partial charge on any atom is 0.262 e. The van der Waals surface area contributed by atoms with E-state index in [1.807, 2.05) is 13.1 Å². The van der Waals surface area contributed by atoms with Crippen molar-refractivity contribution in [2.45, 2.75) is 56.7 Å². The summed E-state index contributed by atoms with van der Waals surface area (Å²) in [6, 6.07) is 5.13. The number of benzene rings is 1. The van der Waals surface area contributed by atoms with Gasteiger partial charge in [0.1, 0.15) is 6.04 Å². The Kier molecular flexibility index (Phi) is 5.36. The Morgan fingerprint density at radius 1 is 0.900 bits per heavy atom.